The Morgan fingerprint density at radius 1 is 1.29 bits per heavy atom. The number of nitrogens with zero attached hydrogens (tertiary/aromatic N) is 2. The number of ether oxygens (including phenoxy) is 1. The fourth-order valence-electron chi connectivity index (χ4n) is 1.82. The van der Waals surface area contributed by atoms with Gasteiger partial charge in [-0.3, -0.25) is 4.79 Å². The Hall–Kier alpha value is -2.63. The van der Waals surface area contributed by atoms with E-state index in [1.54, 1.807) is 6.07 Å². The van der Waals surface area contributed by atoms with Crippen LogP contribution >= 0.6 is 0 Å². The first-order valence-electron chi connectivity index (χ1n) is 6.72. The maximum Gasteiger partial charge on any atom is 0.221 e. The summed E-state index contributed by atoms with van der Waals surface area (Å²) in [6, 6.07) is 9.39. The first kappa shape index (κ1) is 14.8. The minimum absolute atomic E-state index is 0.0859. The van der Waals surface area contributed by atoms with E-state index >= 15 is 0 Å². The highest BCUT2D eigenvalue weighted by Crippen LogP contribution is 2.14. The van der Waals surface area contributed by atoms with E-state index in [1.165, 1.54) is 13.3 Å². The highest BCUT2D eigenvalue weighted by atomic mass is 16.5. The zero-order valence-corrected chi connectivity index (χ0v) is 12.1. The van der Waals surface area contributed by atoms with E-state index in [-0.39, 0.29) is 5.91 Å². The first-order valence-corrected chi connectivity index (χ1v) is 6.72. The lowest BCUT2D eigenvalue weighted by molar-refractivity contribution is -0.114. The van der Waals surface area contributed by atoms with Gasteiger partial charge >= 0.3 is 0 Å². The van der Waals surface area contributed by atoms with Crippen molar-refractivity contribution in [1.82, 2.24) is 9.97 Å². The van der Waals surface area contributed by atoms with Crippen molar-refractivity contribution in [2.24, 2.45) is 0 Å². The molecule has 0 spiro atoms. The van der Waals surface area contributed by atoms with E-state index in [0.29, 0.717) is 24.8 Å². The van der Waals surface area contributed by atoms with E-state index in [9.17, 15) is 4.79 Å². The number of benzene rings is 1. The van der Waals surface area contributed by atoms with E-state index < -0.39 is 0 Å². The molecule has 2 N–H and O–H groups in total. The lowest BCUT2D eigenvalue weighted by Gasteiger charge is -2.09. The van der Waals surface area contributed by atoms with Crippen molar-refractivity contribution in [3.8, 4) is 5.88 Å². The molecule has 0 fully saturated rings. The Balaban J connectivity index is 1.99. The molecule has 21 heavy (non-hydrogen) atoms. The van der Waals surface area contributed by atoms with Crippen molar-refractivity contribution in [2.75, 3.05) is 17.2 Å². The lowest BCUT2D eigenvalue weighted by atomic mass is 10.2. The third-order valence-corrected chi connectivity index (χ3v) is 2.66. The van der Waals surface area contributed by atoms with Gasteiger partial charge in [-0.2, -0.15) is 0 Å². The molecule has 6 heteroatoms. The average Bonchev–Trinajstić information content (AvgIpc) is 2.46. The van der Waals surface area contributed by atoms with Crippen molar-refractivity contribution < 1.29 is 9.53 Å². The number of aromatic nitrogens is 2. The van der Waals surface area contributed by atoms with Crippen LogP contribution in [0.2, 0.25) is 0 Å². The molecule has 1 amide bonds. The van der Waals surface area contributed by atoms with Crippen LogP contribution in [0.15, 0.2) is 36.7 Å². The molecular formula is C15H18N4O2. The van der Waals surface area contributed by atoms with Crippen LogP contribution in [-0.4, -0.2) is 22.5 Å². The summed E-state index contributed by atoms with van der Waals surface area (Å²) in [5.74, 6) is 1.15. The van der Waals surface area contributed by atoms with Crippen molar-refractivity contribution in [3.63, 3.8) is 0 Å². The molecule has 0 unspecified atom stereocenters. The zero-order chi connectivity index (χ0) is 15.1. The summed E-state index contributed by atoms with van der Waals surface area (Å²) in [6.07, 6.45) is 1.46. The second-order valence-corrected chi connectivity index (χ2v) is 4.41. The van der Waals surface area contributed by atoms with Crippen LogP contribution in [-0.2, 0) is 11.3 Å². The molecular weight excluding hydrogens is 268 g/mol. The zero-order valence-electron chi connectivity index (χ0n) is 12.1. The molecule has 0 saturated carbocycles. The summed E-state index contributed by atoms with van der Waals surface area (Å²) >= 11 is 0. The van der Waals surface area contributed by atoms with Crippen LogP contribution in [0.4, 0.5) is 11.5 Å². The molecule has 0 saturated heterocycles. The van der Waals surface area contributed by atoms with Crippen molar-refractivity contribution >= 4 is 17.4 Å². The van der Waals surface area contributed by atoms with Gasteiger partial charge in [-0.15, -0.1) is 0 Å². The number of carbonyl (C=O) groups excluding carboxylic acids is 1. The summed E-state index contributed by atoms with van der Waals surface area (Å²) < 4.78 is 5.32. The number of hydrogen-bond acceptors (Lipinski definition) is 5. The summed E-state index contributed by atoms with van der Waals surface area (Å²) in [4.78, 5) is 19.2. The fraction of sp³-hybridized carbons (Fsp3) is 0.267. The first-order chi connectivity index (χ1) is 10.2. The van der Waals surface area contributed by atoms with Crippen molar-refractivity contribution in [2.45, 2.75) is 20.4 Å². The monoisotopic (exact) mass is 286 g/mol. The summed E-state index contributed by atoms with van der Waals surface area (Å²) in [5.41, 5.74) is 1.82. The second-order valence-electron chi connectivity index (χ2n) is 4.41. The number of hydrogen-bond donors (Lipinski definition) is 2. The predicted molar refractivity (Wildman–Crippen MR) is 81.3 cm³/mol. The Bertz CT molecular complexity index is 616. The smallest absolute Gasteiger partial charge is 0.221 e. The molecule has 0 atom stereocenters. The molecule has 1 aromatic carbocycles. The third kappa shape index (κ3) is 4.76. The van der Waals surface area contributed by atoms with Gasteiger partial charge in [0.2, 0.25) is 11.8 Å². The van der Waals surface area contributed by atoms with Gasteiger partial charge in [0, 0.05) is 25.2 Å². The van der Waals surface area contributed by atoms with E-state index in [1.807, 2.05) is 31.2 Å². The maximum absolute atomic E-state index is 11.0. The Kier molecular flexibility index (Phi) is 5.09. The Labute approximate surface area is 123 Å². The molecule has 1 heterocycles. The van der Waals surface area contributed by atoms with E-state index in [2.05, 4.69) is 20.6 Å². The van der Waals surface area contributed by atoms with Crippen LogP contribution in [0, 0.1) is 0 Å². The predicted octanol–water partition coefficient (Wildman–Crippen LogP) is 2.45. The number of anilines is 2. The van der Waals surface area contributed by atoms with Crippen LogP contribution in [0.1, 0.15) is 19.4 Å². The largest absolute Gasteiger partial charge is 0.478 e. The highest BCUT2D eigenvalue weighted by Gasteiger charge is 2.01. The van der Waals surface area contributed by atoms with Crippen LogP contribution < -0.4 is 15.4 Å². The van der Waals surface area contributed by atoms with Gasteiger partial charge in [-0.05, 0) is 24.6 Å². The summed E-state index contributed by atoms with van der Waals surface area (Å²) in [5, 5.41) is 5.95. The highest BCUT2D eigenvalue weighted by molar-refractivity contribution is 5.88. The van der Waals surface area contributed by atoms with E-state index in [0.717, 1.165) is 11.3 Å². The normalized spacial score (nSPS) is 10.0. The molecule has 110 valence electrons. The molecule has 0 radical (unpaired) electrons. The summed E-state index contributed by atoms with van der Waals surface area (Å²) in [6.45, 7) is 4.55. The molecule has 0 bridgehead atoms. The quantitative estimate of drug-likeness (QED) is 0.853. The van der Waals surface area contributed by atoms with Gasteiger partial charge < -0.3 is 15.4 Å². The molecule has 6 nitrogen and oxygen atoms in total. The van der Waals surface area contributed by atoms with Gasteiger partial charge in [-0.25, -0.2) is 9.97 Å². The molecule has 0 aliphatic heterocycles. The van der Waals surface area contributed by atoms with Gasteiger partial charge in [0.15, 0.2) is 0 Å². The number of carbonyl (C=O) groups is 1. The molecule has 1 aromatic heterocycles. The van der Waals surface area contributed by atoms with E-state index in [4.69, 9.17) is 4.74 Å². The summed E-state index contributed by atoms with van der Waals surface area (Å²) in [7, 11) is 0. The molecule has 0 aliphatic rings. The second kappa shape index (κ2) is 7.23. The topological polar surface area (TPSA) is 76.1 Å². The standard InChI is InChI=1S/C15H18N4O2/c1-3-21-15-8-14(17-10-18-15)16-9-12-5-4-6-13(7-12)19-11(2)20/h4-8,10H,3,9H2,1-2H3,(H,19,20)(H,16,17,18). The molecule has 2 aromatic rings. The fourth-order valence-corrected chi connectivity index (χ4v) is 1.82. The van der Waals surface area contributed by atoms with Gasteiger partial charge in [-0.1, -0.05) is 12.1 Å². The number of amides is 1. The Morgan fingerprint density at radius 3 is 2.90 bits per heavy atom. The number of nitrogens with one attached hydrogen (secondary N) is 2. The molecule has 0 aliphatic carbocycles. The van der Waals surface area contributed by atoms with Gasteiger partial charge in [0.25, 0.3) is 0 Å². The minimum Gasteiger partial charge on any atom is -0.478 e. The SMILES string of the molecule is CCOc1cc(NCc2cccc(NC(C)=O)c2)ncn1. The van der Waals surface area contributed by atoms with Gasteiger partial charge in [0.1, 0.15) is 12.1 Å². The van der Waals surface area contributed by atoms with Crippen LogP contribution in [0.25, 0.3) is 0 Å². The lowest BCUT2D eigenvalue weighted by Crippen LogP contribution is -2.07. The minimum atomic E-state index is -0.0859. The average molecular weight is 286 g/mol. The number of rotatable bonds is 6. The van der Waals surface area contributed by atoms with Gasteiger partial charge in [0.05, 0.1) is 6.61 Å². The van der Waals surface area contributed by atoms with Crippen LogP contribution in [0.3, 0.4) is 0 Å². The Morgan fingerprint density at radius 2 is 2.14 bits per heavy atom. The maximum atomic E-state index is 11.0. The third-order valence-electron chi connectivity index (χ3n) is 2.66. The van der Waals surface area contributed by atoms with Crippen molar-refractivity contribution in [1.29, 1.82) is 0 Å². The van der Waals surface area contributed by atoms with Crippen molar-refractivity contribution in [3.05, 3.63) is 42.2 Å². The van der Waals surface area contributed by atoms with Crippen LogP contribution in [0.5, 0.6) is 5.88 Å². The molecule has 2 rings (SSSR count).